The fourth-order valence-electron chi connectivity index (χ4n) is 3.31. The molecule has 0 saturated carbocycles. The van der Waals surface area contributed by atoms with E-state index >= 15 is 0 Å². The predicted molar refractivity (Wildman–Crippen MR) is 106 cm³/mol. The number of aromatic nitrogens is 2. The molecule has 2 aromatic carbocycles. The smallest absolute Gasteiger partial charge is 0.175 e. The number of ether oxygens (including phenoxy) is 1. The SMILES string of the molecule is CCn1ncc2c3c(ccc21)CC(Nc1cc(S(C)(=O)=O)ccc1OC)=N3. The van der Waals surface area contributed by atoms with E-state index in [1.165, 1.54) is 12.3 Å². The number of aryl methyl sites for hydroxylation is 1. The summed E-state index contributed by atoms with van der Waals surface area (Å²) in [5.74, 6) is 1.30. The summed E-state index contributed by atoms with van der Waals surface area (Å²) in [7, 11) is -1.76. The van der Waals surface area contributed by atoms with Gasteiger partial charge in [0.1, 0.15) is 11.6 Å². The fourth-order valence-corrected chi connectivity index (χ4v) is 3.96. The van der Waals surface area contributed by atoms with Crippen LogP contribution in [0.2, 0.25) is 0 Å². The van der Waals surface area contributed by atoms with Crippen LogP contribution in [0.15, 0.2) is 46.4 Å². The van der Waals surface area contributed by atoms with Gasteiger partial charge in [0.25, 0.3) is 0 Å². The number of amidine groups is 1. The summed E-state index contributed by atoms with van der Waals surface area (Å²) < 4.78 is 31.0. The fraction of sp³-hybridized carbons (Fsp3) is 0.263. The first kappa shape index (κ1) is 17.5. The van der Waals surface area contributed by atoms with Crippen LogP contribution in [0.5, 0.6) is 5.75 Å². The summed E-state index contributed by atoms with van der Waals surface area (Å²) >= 11 is 0. The molecule has 1 aliphatic heterocycles. The average molecular weight is 384 g/mol. The molecule has 7 nitrogen and oxygen atoms in total. The minimum absolute atomic E-state index is 0.230. The molecule has 140 valence electrons. The highest BCUT2D eigenvalue weighted by molar-refractivity contribution is 7.90. The number of nitrogens with zero attached hydrogens (tertiary/aromatic N) is 3. The number of benzene rings is 2. The number of hydrogen-bond donors (Lipinski definition) is 1. The molecule has 0 unspecified atom stereocenters. The van der Waals surface area contributed by atoms with Crippen molar-refractivity contribution in [3.05, 3.63) is 42.1 Å². The van der Waals surface area contributed by atoms with Crippen LogP contribution >= 0.6 is 0 Å². The number of fused-ring (bicyclic) bond motifs is 3. The van der Waals surface area contributed by atoms with E-state index in [0.29, 0.717) is 17.9 Å². The third kappa shape index (κ3) is 3.06. The lowest BCUT2D eigenvalue weighted by Gasteiger charge is -2.12. The molecule has 0 fully saturated rings. The molecule has 0 spiro atoms. The van der Waals surface area contributed by atoms with Crippen molar-refractivity contribution >= 4 is 38.0 Å². The molecule has 1 N–H and O–H groups in total. The first-order valence-electron chi connectivity index (χ1n) is 8.60. The molecule has 2 heterocycles. The summed E-state index contributed by atoms with van der Waals surface area (Å²) in [5.41, 5.74) is 3.65. The second-order valence-electron chi connectivity index (χ2n) is 6.46. The van der Waals surface area contributed by atoms with E-state index in [-0.39, 0.29) is 4.90 Å². The summed E-state index contributed by atoms with van der Waals surface area (Å²) in [4.78, 5) is 4.97. The van der Waals surface area contributed by atoms with Crippen molar-refractivity contribution in [1.82, 2.24) is 9.78 Å². The topological polar surface area (TPSA) is 85.6 Å². The lowest BCUT2D eigenvalue weighted by Crippen LogP contribution is -2.13. The maximum absolute atomic E-state index is 11.9. The van der Waals surface area contributed by atoms with Crippen molar-refractivity contribution in [2.24, 2.45) is 4.99 Å². The Hall–Kier alpha value is -2.87. The molecular formula is C19H20N4O3S. The van der Waals surface area contributed by atoms with Crippen LogP contribution < -0.4 is 10.1 Å². The van der Waals surface area contributed by atoms with Gasteiger partial charge >= 0.3 is 0 Å². The molecule has 8 heteroatoms. The molecule has 4 rings (SSSR count). The van der Waals surface area contributed by atoms with Crippen LogP contribution in [-0.2, 0) is 22.8 Å². The maximum atomic E-state index is 11.9. The van der Waals surface area contributed by atoms with Crippen molar-refractivity contribution in [2.45, 2.75) is 24.8 Å². The zero-order valence-electron chi connectivity index (χ0n) is 15.4. The second-order valence-corrected chi connectivity index (χ2v) is 8.48. The monoisotopic (exact) mass is 384 g/mol. The number of sulfone groups is 1. The van der Waals surface area contributed by atoms with Crippen molar-refractivity contribution in [1.29, 1.82) is 0 Å². The van der Waals surface area contributed by atoms with Gasteiger partial charge in [0.05, 0.1) is 35.1 Å². The lowest BCUT2D eigenvalue weighted by molar-refractivity contribution is 0.416. The van der Waals surface area contributed by atoms with Crippen molar-refractivity contribution in [2.75, 3.05) is 18.7 Å². The standard InChI is InChI=1S/C19H20N4O3S/c1-4-23-16-7-5-12-9-18(22-19(12)14(16)11-20-23)21-15-10-13(27(3,24)25)6-8-17(15)26-2/h5-8,10-11H,4,9H2,1-3H3,(H,21,22). The molecule has 1 aliphatic rings. The Kier molecular flexibility index (Phi) is 4.15. The summed E-state index contributed by atoms with van der Waals surface area (Å²) in [5, 5.41) is 8.66. The Morgan fingerprint density at radius 2 is 2.07 bits per heavy atom. The Balaban J connectivity index is 1.72. The first-order chi connectivity index (χ1) is 12.9. The van der Waals surface area contributed by atoms with E-state index in [0.717, 1.165) is 34.5 Å². The Bertz CT molecular complexity index is 1180. The molecule has 1 aromatic heterocycles. The third-order valence-electron chi connectivity index (χ3n) is 4.66. The van der Waals surface area contributed by atoms with E-state index in [2.05, 4.69) is 29.5 Å². The molecule has 0 aliphatic carbocycles. The minimum atomic E-state index is -3.31. The van der Waals surface area contributed by atoms with Gasteiger partial charge in [0.15, 0.2) is 9.84 Å². The predicted octanol–water partition coefficient (Wildman–Crippen LogP) is 3.17. The minimum Gasteiger partial charge on any atom is -0.495 e. The molecule has 0 saturated heterocycles. The normalized spacial score (nSPS) is 13.5. The highest BCUT2D eigenvalue weighted by Gasteiger charge is 2.20. The maximum Gasteiger partial charge on any atom is 0.175 e. The quantitative estimate of drug-likeness (QED) is 0.747. The number of nitrogens with one attached hydrogen (secondary N) is 1. The molecular weight excluding hydrogens is 364 g/mol. The summed E-state index contributed by atoms with van der Waals surface area (Å²) in [6.45, 7) is 2.85. The number of anilines is 1. The molecule has 0 radical (unpaired) electrons. The second kappa shape index (κ2) is 6.38. The van der Waals surface area contributed by atoms with E-state index in [4.69, 9.17) is 9.73 Å². The number of aliphatic imine (C=N–C) groups is 1. The van der Waals surface area contributed by atoms with Crippen LogP contribution in [0.4, 0.5) is 11.4 Å². The number of hydrogen-bond acceptors (Lipinski definition) is 6. The van der Waals surface area contributed by atoms with Gasteiger partial charge in [0, 0.05) is 24.6 Å². The van der Waals surface area contributed by atoms with Crippen LogP contribution in [0, 0.1) is 0 Å². The van der Waals surface area contributed by atoms with Gasteiger partial charge in [-0.15, -0.1) is 0 Å². The van der Waals surface area contributed by atoms with Gasteiger partial charge in [-0.25, -0.2) is 13.4 Å². The zero-order valence-corrected chi connectivity index (χ0v) is 16.2. The third-order valence-corrected chi connectivity index (χ3v) is 5.77. The Labute approximate surface area is 157 Å². The van der Waals surface area contributed by atoms with Crippen LogP contribution in [0.3, 0.4) is 0 Å². The number of methoxy groups -OCH3 is 1. The summed E-state index contributed by atoms with van der Waals surface area (Å²) in [6.07, 6.45) is 3.66. The molecule has 27 heavy (non-hydrogen) atoms. The van der Waals surface area contributed by atoms with E-state index in [1.54, 1.807) is 19.2 Å². The van der Waals surface area contributed by atoms with Gasteiger partial charge in [-0.1, -0.05) is 6.07 Å². The van der Waals surface area contributed by atoms with E-state index < -0.39 is 9.84 Å². The van der Waals surface area contributed by atoms with E-state index in [9.17, 15) is 8.42 Å². The van der Waals surface area contributed by atoms with Gasteiger partial charge < -0.3 is 10.1 Å². The van der Waals surface area contributed by atoms with Crippen molar-refractivity contribution in [3.8, 4) is 5.75 Å². The van der Waals surface area contributed by atoms with Gasteiger partial charge in [-0.2, -0.15) is 5.10 Å². The Morgan fingerprint density at radius 3 is 2.78 bits per heavy atom. The Morgan fingerprint density at radius 1 is 1.26 bits per heavy atom. The zero-order chi connectivity index (χ0) is 19.2. The van der Waals surface area contributed by atoms with Crippen LogP contribution in [0.1, 0.15) is 12.5 Å². The van der Waals surface area contributed by atoms with Gasteiger partial charge in [-0.05, 0) is 36.8 Å². The summed E-state index contributed by atoms with van der Waals surface area (Å²) in [6, 6.07) is 8.88. The van der Waals surface area contributed by atoms with Crippen LogP contribution in [-0.4, -0.2) is 37.4 Å². The van der Waals surface area contributed by atoms with Gasteiger partial charge in [-0.3, -0.25) is 4.68 Å². The van der Waals surface area contributed by atoms with Crippen LogP contribution in [0.25, 0.3) is 10.9 Å². The molecule has 0 amide bonds. The van der Waals surface area contributed by atoms with Crippen molar-refractivity contribution < 1.29 is 13.2 Å². The lowest BCUT2D eigenvalue weighted by atomic mass is 10.1. The average Bonchev–Trinajstić information content (AvgIpc) is 3.23. The largest absolute Gasteiger partial charge is 0.495 e. The van der Waals surface area contributed by atoms with Crippen molar-refractivity contribution in [3.63, 3.8) is 0 Å². The van der Waals surface area contributed by atoms with E-state index in [1.807, 2.05) is 10.9 Å². The number of rotatable bonds is 4. The van der Waals surface area contributed by atoms with Gasteiger partial charge in [0.2, 0.25) is 0 Å². The highest BCUT2D eigenvalue weighted by atomic mass is 32.2. The molecule has 3 aromatic rings. The molecule has 0 bridgehead atoms. The first-order valence-corrected chi connectivity index (χ1v) is 10.5. The molecule has 0 atom stereocenters. The highest BCUT2D eigenvalue weighted by Crippen LogP contribution is 2.36.